The van der Waals surface area contributed by atoms with E-state index in [0.29, 0.717) is 0 Å². The first-order valence-electron chi connectivity index (χ1n) is 6.86. The average molecular weight is 269 g/mol. The molecule has 0 amide bonds. The number of methoxy groups -OCH3 is 2. The Morgan fingerprint density at radius 1 is 1.05 bits per heavy atom. The van der Waals surface area contributed by atoms with Crippen molar-refractivity contribution in [3.8, 4) is 11.5 Å². The maximum atomic E-state index is 5.49. The van der Waals surface area contributed by atoms with E-state index in [1.165, 1.54) is 16.7 Å². The van der Waals surface area contributed by atoms with Gasteiger partial charge in [0.2, 0.25) is 0 Å². The molecule has 0 fully saturated rings. The first-order chi connectivity index (χ1) is 9.83. The zero-order chi connectivity index (χ0) is 13.9. The Morgan fingerprint density at radius 3 is 2.70 bits per heavy atom. The molecule has 2 aromatic carbocycles. The topological polar surface area (TPSA) is 30.5 Å². The van der Waals surface area contributed by atoms with E-state index in [9.17, 15) is 0 Å². The third-order valence-corrected chi connectivity index (χ3v) is 3.85. The van der Waals surface area contributed by atoms with Crippen molar-refractivity contribution in [1.82, 2.24) is 5.32 Å². The quantitative estimate of drug-likeness (QED) is 0.929. The summed E-state index contributed by atoms with van der Waals surface area (Å²) in [6.07, 6.45) is 1.000. The van der Waals surface area contributed by atoms with Crippen molar-refractivity contribution < 1.29 is 9.47 Å². The van der Waals surface area contributed by atoms with Crippen LogP contribution in [0.15, 0.2) is 42.5 Å². The largest absolute Gasteiger partial charge is 0.497 e. The standard InChI is InChI=1S/C17H19NO2/c1-19-13-6-3-5-12(11-13)17-15-7-4-8-16(20-2)14(15)9-10-18-17/h3-8,11,17-18H,9-10H2,1-2H3. The number of hydrogen-bond acceptors (Lipinski definition) is 3. The van der Waals surface area contributed by atoms with Gasteiger partial charge in [0.1, 0.15) is 11.5 Å². The maximum Gasteiger partial charge on any atom is 0.122 e. The second-order valence-electron chi connectivity index (χ2n) is 4.94. The van der Waals surface area contributed by atoms with Crippen LogP contribution >= 0.6 is 0 Å². The smallest absolute Gasteiger partial charge is 0.122 e. The Morgan fingerprint density at radius 2 is 1.90 bits per heavy atom. The minimum absolute atomic E-state index is 0.198. The molecule has 0 radical (unpaired) electrons. The fraction of sp³-hybridized carbons (Fsp3) is 0.294. The summed E-state index contributed by atoms with van der Waals surface area (Å²) in [5, 5.41) is 3.58. The predicted octanol–water partition coefficient (Wildman–Crippen LogP) is 2.94. The van der Waals surface area contributed by atoms with Gasteiger partial charge in [-0.2, -0.15) is 0 Å². The van der Waals surface area contributed by atoms with Crippen LogP contribution in [0.2, 0.25) is 0 Å². The zero-order valence-corrected chi connectivity index (χ0v) is 11.8. The average Bonchev–Trinajstić information content (AvgIpc) is 2.53. The third kappa shape index (κ3) is 2.25. The number of fused-ring (bicyclic) bond motifs is 1. The van der Waals surface area contributed by atoms with Crippen molar-refractivity contribution in [1.29, 1.82) is 0 Å². The van der Waals surface area contributed by atoms with Gasteiger partial charge in [-0.25, -0.2) is 0 Å². The fourth-order valence-electron chi connectivity index (χ4n) is 2.88. The molecule has 1 aliphatic heterocycles. The molecular weight excluding hydrogens is 250 g/mol. The highest BCUT2D eigenvalue weighted by molar-refractivity contribution is 5.48. The van der Waals surface area contributed by atoms with Crippen LogP contribution in [0.1, 0.15) is 22.7 Å². The van der Waals surface area contributed by atoms with E-state index in [4.69, 9.17) is 9.47 Å². The molecule has 0 aromatic heterocycles. The van der Waals surface area contributed by atoms with E-state index in [1.807, 2.05) is 18.2 Å². The SMILES string of the molecule is COc1cccc(C2NCCc3c(OC)cccc32)c1. The summed E-state index contributed by atoms with van der Waals surface area (Å²) in [4.78, 5) is 0. The second kappa shape index (κ2) is 5.55. The Balaban J connectivity index is 2.05. The number of rotatable bonds is 3. The van der Waals surface area contributed by atoms with Gasteiger partial charge in [0.05, 0.1) is 20.3 Å². The lowest BCUT2D eigenvalue weighted by molar-refractivity contribution is 0.403. The van der Waals surface area contributed by atoms with Crippen molar-refractivity contribution in [2.45, 2.75) is 12.5 Å². The van der Waals surface area contributed by atoms with Crippen LogP contribution in [-0.4, -0.2) is 20.8 Å². The molecule has 3 heteroatoms. The van der Waals surface area contributed by atoms with E-state index in [-0.39, 0.29) is 6.04 Å². The molecule has 0 aliphatic carbocycles. The van der Waals surface area contributed by atoms with Crippen LogP contribution in [0.5, 0.6) is 11.5 Å². The second-order valence-corrected chi connectivity index (χ2v) is 4.94. The van der Waals surface area contributed by atoms with Crippen LogP contribution < -0.4 is 14.8 Å². The first kappa shape index (κ1) is 13.0. The number of ether oxygens (including phenoxy) is 2. The highest BCUT2D eigenvalue weighted by Crippen LogP contribution is 2.34. The van der Waals surface area contributed by atoms with E-state index in [1.54, 1.807) is 14.2 Å². The van der Waals surface area contributed by atoms with E-state index >= 15 is 0 Å². The van der Waals surface area contributed by atoms with Crippen molar-refractivity contribution >= 4 is 0 Å². The summed E-state index contributed by atoms with van der Waals surface area (Å²) in [6.45, 7) is 0.954. The van der Waals surface area contributed by atoms with Gasteiger partial charge in [0, 0.05) is 12.1 Å². The minimum Gasteiger partial charge on any atom is -0.497 e. The highest BCUT2D eigenvalue weighted by atomic mass is 16.5. The molecule has 3 rings (SSSR count). The third-order valence-electron chi connectivity index (χ3n) is 3.85. The van der Waals surface area contributed by atoms with Gasteiger partial charge in [-0.1, -0.05) is 24.3 Å². The molecule has 0 saturated heterocycles. The minimum atomic E-state index is 0.198. The van der Waals surface area contributed by atoms with Crippen molar-refractivity contribution in [2.75, 3.05) is 20.8 Å². The highest BCUT2D eigenvalue weighted by Gasteiger charge is 2.23. The number of hydrogen-bond donors (Lipinski definition) is 1. The molecule has 3 nitrogen and oxygen atoms in total. The van der Waals surface area contributed by atoms with Crippen LogP contribution in [-0.2, 0) is 6.42 Å². The molecule has 20 heavy (non-hydrogen) atoms. The molecule has 104 valence electrons. The predicted molar refractivity (Wildman–Crippen MR) is 79.5 cm³/mol. The lowest BCUT2D eigenvalue weighted by atomic mass is 9.89. The molecule has 1 atom stereocenters. The molecular formula is C17H19NO2. The summed E-state index contributed by atoms with van der Waals surface area (Å²) in [6, 6.07) is 14.7. The fourth-order valence-corrected chi connectivity index (χ4v) is 2.88. The molecule has 0 bridgehead atoms. The molecule has 1 heterocycles. The molecule has 0 saturated carbocycles. The van der Waals surface area contributed by atoms with E-state index < -0.39 is 0 Å². The monoisotopic (exact) mass is 269 g/mol. The van der Waals surface area contributed by atoms with Crippen molar-refractivity contribution in [3.63, 3.8) is 0 Å². The van der Waals surface area contributed by atoms with Gasteiger partial charge in [-0.05, 0) is 35.7 Å². The van der Waals surface area contributed by atoms with Crippen LogP contribution in [0, 0.1) is 0 Å². The summed E-state index contributed by atoms with van der Waals surface area (Å²) < 4.78 is 10.8. The summed E-state index contributed by atoms with van der Waals surface area (Å²) in [5.41, 5.74) is 3.82. The summed E-state index contributed by atoms with van der Waals surface area (Å²) in [5.74, 6) is 1.87. The van der Waals surface area contributed by atoms with Gasteiger partial charge in [0.15, 0.2) is 0 Å². The summed E-state index contributed by atoms with van der Waals surface area (Å²) >= 11 is 0. The van der Waals surface area contributed by atoms with E-state index in [2.05, 4.69) is 29.6 Å². The Labute approximate surface area is 119 Å². The Hall–Kier alpha value is -2.00. The number of nitrogens with one attached hydrogen (secondary N) is 1. The lowest BCUT2D eigenvalue weighted by Crippen LogP contribution is -2.30. The first-order valence-corrected chi connectivity index (χ1v) is 6.86. The zero-order valence-electron chi connectivity index (χ0n) is 11.8. The summed E-state index contributed by atoms with van der Waals surface area (Å²) in [7, 11) is 3.43. The molecule has 1 N–H and O–H groups in total. The van der Waals surface area contributed by atoms with Gasteiger partial charge in [-0.15, -0.1) is 0 Å². The van der Waals surface area contributed by atoms with E-state index in [0.717, 1.165) is 24.5 Å². The van der Waals surface area contributed by atoms with Gasteiger partial charge in [0.25, 0.3) is 0 Å². The van der Waals surface area contributed by atoms with Gasteiger partial charge >= 0.3 is 0 Å². The molecule has 1 aliphatic rings. The van der Waals surface area contributed by atoms with Crippen LogP contribution in [0.4, 0.5) is 0 Å². The van der Waals surface area contributed by atoms with Crippen LogP contribution in [0.25, 0.3) is 0 Å². The lowest BCUT2D eigenvalue weighted by Gasteiger charge is -2.28. The molecule has 0 spiro atoms. The normalized spacial score (nSPS) is 17.4. The Bertz CT molecular complexity index is 610. The van der Waals surface area contributed by atoms with Gasteiger partial charge < -0.3 is 14.8 Å². The Kier molecular flexibility index (Phi) is 3.61. The van der Waals surface area contributed by atoms with Crippen molar-refractivity contribution in [2.24, 2.45) is 0 Å². The maximum absolute atomic E-state index is 5.49. The van der Waals surface area contributed by atoms with Crippen molar-refractivity contribution in [3.05, 3.63) is 59.2 Å². The van der Waals surface area contributed by atoms with Crippen LogP contribution in [0.3, 0.4) is 0 Å². The number of benzene rings is 2. The molecule has 1 unspecified atom stereocenters. The molecule has 2 aromatic rings. The van der Waals surface area contributed by atoms with Gasteiger partial charge in [-0.3, -0.25) is 0 Å².